The Hall–Kier alpha value is -0.770. The first-order valence-electron chi connectivity index (χ1n) is 4.14. The molecule has 0 saturated carbocycles. The van der Waals surface area contributed by atoms with Gasteiger partial charge in [0.15, 0.2) is 6.73 Å². The zero-order chi connectivity index (χ0) is 9.40. The van der Waals surface area contributed by atoms with Gasteiger partial charge in [-0.15, -0.1) is 0 Å². The minimum Gasteiger partial charge on any atom is -0.434 e. The predicted molar refractivity (Wildman–Crippen MR) is 44.5 cm³/mol. The fourth-order valence-corrected chi connectivity index (χ4v) is 0.648. The molecule has 0 aromatic rings. The van der Waals surface area contributed by atoms with Crippen molar-refractivity contribution < 1.29 is 14.3 Å². The van der Waals surface area contributed by atoms with Gasteiger partial charge in [0.05, 0.1) is 6.61 Å². The Morgan fingerprint density at radius 3 is 2.67 bits per heavy atom. The van der Waals surface area contributed by atoms with Crippen LogP contribution in [0.5, 0.6) is 0 Å². The molecule has 0 fully saturated rings. The highest BCUT2D eigenvalue weighted by Crippen LogP contribution is 2.05. The van der Waals surface area contributed by atoms with Crippen LogP contribution in [0.2, 0.25) is 0 Å². The summed E-state index contributed by atoms with van der Waals surface area (Å²) >= 11 is 0. The van der Waals surface area contributed by atoms with E-state index >= 15 is 0 Å². The Morgan fingerprint density at radius 1 is 1.50 bits per heavy atom. The summed E-state index contributed by atoms with van der Waals surface area (Å²) < 4.78 is 8.94. The number of hydrogen-bond donors (Lipinski definition) is 0. The average molecular weight is 174 g/mol. The molecule has 1 N–H and O–H groups in total. The minimum absolute atomic E-state index is 0.373. The van der Waals surface area contributed by atoms with E-state index < -0.39 is 6.16 Å². The van der Waals surface area contributed by atoms with Gasteiger partial charge in [0, 0.05) is 0 Å². The maximum absolute atomic E-state index is 10.5. The van der Waals surface area contributed by atoms with E-state index in [1.165, 1.54) is 0 Å². The maximum atomic E-state index is 10.5. The Morgan fingerprint density at radius 2 is 2.17 bits per heavy atom. The molecule has 0 heterocycles. The molecule has 0 spiro atoms. The molecule has 0 aliphatic rings. The Kier molecular flexibility index (Phi) is 6.47. The number of ether oxygens (including phenoxy) is 2. The van der Waals surface area contributed by atoms with Gasteiger partial charge in [0.25, 0.3) is 0 Å². The molecule has 0 aliphatic heterocycles. The van der Waals surface area contributed by atoms with Gasteiger partial charge in [0.2, 0.25) is 0 Å². The molecule has 0 saturated heterocycles. The zero-order valence-corrected chi connectivity index (χ0v) is 7.63. The van der Waals surface area contributed by atoms with Gasteiger partial charge < -0.3 is 9.47 Å². The number of carbonyl (C=O) groups excluding carboxylic acids is 1. The number of carbonyl (C=O) groups is 1. The third kappa shape index (κ3) is 5.97. The van der Waals surface area contributed by atoms with E-state index in [0.717, 1.165) is 12.8 Å². The zero-order valence-electron chi connectivity index (χ0n) is 7.63. The molecule has 1 radical (unpaired) electrons. The second-order valence-electron chi connectivity index (χ2n) is 2.69. The maximum Gasteiger partial charge on any atom is 0.509 e. The molecular formula is C8H16NO3. The molecule has 4 heteroatoms. The van der Waals surface area contributed by atoms with E-state index in [9.17, 15) is 4.79 Å². The van der Waals surface area contributed by atoms with Crippen LogP contribution >= 0.6 is 0 Å². The van der Waals surface area contributed by atoms with E-state index in [1.54, 1.807) is 0 Å². The molecule has 0 bridgehead atoms. The van der Waals surface area contributed by atoms with E-state index in [-0.39, 0.29) is 6.73 Å². The molecule has 1 unspecified atom stereocenters. The first-order valence-corrected chi connectivity index (χ1v) is 4.14. The van der Waals surface area contributed by atoms with E-state index in [0.29, 0.717) is 12.5 Å². The van der Waals surface area contributed by atoms with Crippen molar-refractivity contribution in [1.29, 1.82) is 0 Å². The van der Waals surface area contributed by atoms with Gasteiger partial charge in [-0.25, -0.2) is 10.5 Å². The lowest BCUT2D eigenvalue weighted by atomic mass is 10.1. The smallest absolute Gasteiger partial charge is 0.434 e. The van der Waals surface area contributed by atoms with Crippen molar-refractivity contribution in [1.82, 2.24) is 5.73 Å². The highest BCUT2D eigenvalue weighted by atomic mass is 16.7. The summed E-state index contributed by atoms with van der Waals surface area (Å²) in [5.74, 6) is 0.564. The van der Waals surface area contributed by atoms with Crippen molar-refractivity contribution in [2.45, 2.75) is 26.7 Å². The van der Waals surface area contributed by atoms with Crippen molar-refractivity contribution in [2.24, 2.45) is 5.92 Å². The van der Waals surface area contributed by atoms with Crippen LogP contribution in [0.1, 0.15) is 26.7 Å². The highest BCUT2D eigenvalue weighted by molar-refractivity contribution is 5.59. The summed E-state index contributed by atoms with van der Waals surface area (Å²) in [6.07, 6.45) is 1.19. The van der Waals surface area contributed by atoms with Crippen LogP contribution in [0.25, 0.3) is 0 Å². The minimum atomic E-state index is -0.742. The molecule has 71 valence electrons. The van der Waals surface area contributed by atoms with Crippen molar-refractivity contribution in [3.63, 3.8) is 0 Å². The van der Waals surface area contributed by atoms with Gasteiger partial charge in [-0.3, -0.25) is 0 Å². The molecule has 0 aromatic heterocycles. The molecule has 0 amide bonds. The van der Waals surface area contributed by atoms with Crippen molar-refractivity contribution >= 4 is 6.16 Å². The Balaban J connectivity index is 3.24. The fourth-order valence-electron chi connectivity index (χ4n) is 0.648. The SMILES string of the molecule is CCC(C)CCOC(=O)OC[NH]. The van der Waals surface area contributed by atoms with Crippen LogP contribution in [0.15, 0.2) is 0 Å². The normalized spacial score (nSPS) is 12.2. The summed E-state index contributed by atoms with van der Waals surface area (Å²) in [6.45, 7) is 4.20. The van der Waals surface area contributed by atoms with Gasteiger partial charge in [-0.2, -0.15) is 0 Å². The third-order valence-corrected chi connectivity index (χ3v) is 1.72. The molecule has 12 heavy (non-hydrogen) atoms. The summed E-state index contributed by atoms with van der Waals surface area (Å²) in [6, 6.07) is 0. The van der Waals surface area contributed by atoms with Crippen LogP contribution in [-0.2, 0) is 9.47 Å². The van der Waals surface area contributed by atoms with Crippen molar-refractivity contribution in [3.05, 3.63) is 0 Å². The van der Waals surface area contributed by atoms with Crippen molar-refractivity contribution in [2.75, 3.05) is 13.3 Å². The van der Waals surface area contributed by atoms with Crippen LogP contribution in [-0.4, -0.2) is 19.5 Å². The topological polar surface area (TPSA) is 59.3 Å². The van der Waals surface area contributed by atoms with Crippen LogP contribution in [0, 0.1) is 5.92 Å². The largest absolute Gasteiger partial charge is 0.509 e. The standard InChI is InChI=1S/C8H16NO3/c1-3-7(2)4-5-11-8(10)12-6-9/h7,9H,3-6H2,1-2H3. The fraction of sp³-hybridized carbons (Fsp3) is 0.875. The lowest BCUT2D eigenvalue weighted by Gasteiger charge is -2.07. The molecule has 4 nitrogen and oxygen atoms in total. The molecule has 1 atom stereocenters. The van der Waals surface area contributed by atoms with Crippen LogP contribution in [0.3, 0.4) is 0 Å². The van der Waals surface area contributed by atoms with Gasteiger partial charge in [-0.05, 0) is 12.3 Å². The van der Waals surface area contributed by atoms with Crippen molar-refractivity contribution in [3.8, 4) is 0 Å². The van der Waals surface area contributed by atoms with E-state index in [4.69, 9.17) is 5.73 Å². The first-order chi connectivity index (χ1) is 5.70. The predicted octanol–water partition coefficient (Wildman–Crippen LogP) is 1.82. The first kappa shape index (κ1) is 11.2. The van der Waals surface area contributed by atoms with Gasteiger partial charge in [0.1, 0.15) is 0 Å². The summed E-state index contributed by atoms with van der Waals surface area (Å²) in [5.41, 5.74) is 6.57. The monoisotopic (exact) mass is 174 g/mol. The summed E-state index contributed by atoms with van der Waals surface area (Å²) in [7, 11) is 0. The highest BCUT2D eigenvalue weighted by Gasteiger charge is 2.03. The molecule has 0 aromatic carbocycles. The second kappa shape index (κ2) is 6.91. The average Bonchev–Trinajstić information content (AvgIpc) is 2.04. The molecule has 0 rings (SSSR count). The third-order valence-electron chi connectivity index (χ3n) is 1.72. The second-order valence-corrected chi connectivity index (χ2v) is 2.69. The lowest BCUT2D eigenvalue weighted by molar-refractivity contribution is 0.0524. The molecular weight excluding hydrogens is 158 g/mol. The van der Waals surface area contributed by atoms with Gasteiger partial charge in [-0.1, -0.05) is 20.3 Å². The van der Waals surface area contributed by atoms with E-state index in [1.807, 2.05) is 0 Å². The number of hydrogen-bond acceptors (Lipinski definition) is 3. The van der Waals surface area contributed by atoms with Crippen LogP contribution in [0.4, 0.5) is 4.79 Å². The summed E-state index contributed by atoms with van der Waals surface area (Å²) in [5, 5.41) is 0. The number of nitrogens with one attached hydrogen (secondary N) is 1. The van der Waals surface area contributed by atoms with E-state index in [2.05, 4.69) is 23.3 Å². The Labute approximate surface area is 73.0 Å². The molecule has 0 aliphatic carbocycles. The van der Waals surface area contributed by atoms with Gasteiger partial charge >= 0.3 is 6.16 Å². The lowest BCUT2D eigenvalue weighted by Crippen LogP contribution is -2.11. The quantitative estimate of drug-likeness (QED) is 0.597. The number of rotatable bonds is 5. The summed E-state index contributed by atoms with van der Waals surface area (Å²) in [4.78, 5) is 10.5. The van der Waals surface area contributed by atoms with Crippen LogP contribution < -0.4 is 5.73 Å². The Bertz CT molecular complexity index is 127.